The first-order valence-corrected chi connectivity index (χ1v) is 9.61. The molecule has 0 saturated carbocycles. The van der Waals surface area contributed by atoms with Crippen molar-refractivity contribution in [3.8, 4) is 0 Å². The number of hydrogen-bond donors (Lipinski definition) is 0. The van der Waals surface area contributed by atoms with E-state index in [0.717, 1.165) is 12.0 Å². The maximum atomic E-state index is 12.4. The molecule has 0 N–H and O–H groups in total. The van der Waals surface area contributed by atoms with Gasteiger partial charge in [-0.05, 0) is 32.8 Å². The Labute approximate surface area is 166 Å². The Morgan fingerprint density at radius 1 is 1.14 bits per heavy atom. The molecule has 7 heteroatoms. The number of benzene rings is 1. The zero-order valence-corrected chi connectivity index (χ0v) is 17.2. The largest absolute Gasteiger partial charge is 0.467 e. The van der Waals surface area contributed by atoms with Crippen LogP contribution in [0.15, 0.2) is 30.3 Å². The van der Waals surface area contributed by atoms with Crippen LogP contribution >= 0.6 is 0 Å². The lowest BCUT2D eigenvalue weighted by molar-refractivity contribution is -0.145. The van der Waals surface area contributed by atoms with Crippen LogP contribution in [0.2, 0.25) is 0 Å². The van der Waals surface area contributed by atoms with Crippen LogP contribution in [0.5, 0.6) is 0 Å². The van der Waals surface area contributed by atoms with E-state index in [9.17, 15) is 9.59 Å². The first-order chi connectivity index (χ1) is 13.3. The summed E-state index contributed by atoms with van der Waals surface area (Å²) in [6.07, 6.45) is 0.376. The molecule has 0 aromatic heterocycles. The van der Waals surface area contributed by atoms with Gasteiger partial charge < -0.3 is 18.9 Å². The van der Waals surface area contributed by atoms with Crippen molar-refractivity contribution in [3.05, 3.63) is 35.9 Å². The van der Waals surface area contributed by atoms with Gasteiger partial charge in [-0.1, -0.05) is 30.3 Å². The number of methoxy groups -OCH3 is 1. The summed E-state index contributed by atoms with van der Waals surface area (Å²) in [6.45, 7) is 7.32. The quantitative estimate of drug-likeness (QED) is 0.499. The fourth-order valence-electron chi connectivity index (χ4n) is 2.98. The Balaban J connectivity index is 1.74. The average Bonchev–Trinajstić information content (AvgIpc) is 3.08. The van der Waals surface area contributed by atoms with Gasteiger partial charge in [0.25, 0.3) is 0 Å². The number of hydrogen-bond acceptors (Lipinski definition) is 6. The van der Waals surface area contributed by atoms with Gasteiger partial charge in [-0.3, -0.25) is 4.90 Å². The smallest absolute Gasteiger partial charge is 0.411 e. The number of rotatable bonds is 8. The molecule has 7 nitrogen and oxygen atoms in total. The molecule has 0 radical (unpaired) electrons. The Hall–Kier alpha value is -2.12. The van der Waals surface area contributed by atoms with E-state index < -0.39 is 23.7 Å². The van der Waals surface area contributed by atoms with Gasteiger partial charge in [0.1, 0.15) is 11.6 Å². The van der Waals surface area contributed by atoms with Crippen molar-refractivity contribution in [1.82, 2.24) is 4.90 Å². The van der Waals surface area contributed by atoms with Crippen molar-refractivity contribution in [3.63, 3.8) is 0 Å². The number of amides is 1. The van der Waals surface area contributed by atoms with Crippen LogP contribution < -0.4 is 0 Å². The molecule has 1 aliphatic rings. The number of ether oxygens (including phenoxy) is 4. The minimum atomic E-state index is -0.681. The number of nitrogens with zero attached hydrogens (tertiary/aromatic N) is 1. The van der Waals surface area contributed by atoms with Crippen LogP contribution in [-0.4, -0.2) is 61.6 Å². The zero-order chi connectivity index (χ0) is 20.6. The second-order valence-electron chi connectivity index (χ2n) is 7.79. The molecular weight excluding hydrogens is 362 g/mol. The Morgan fingerprint density at radius 2 is 1.86 bits per heavy atom. The van der Waals surface area contributed by atoms with Crippen molar-refractivity contribution in [2.24, 2.45) is 0 Å². The third kappa shape index (κ3) is 7.13. The Bertz CT molecular complexity index is 628. The molecule has 0 bridgehead atoms. The maximum absolute atomic E-state index is 12.4. The number of carbonyl (C=O) groups is 2. The highest BCUT2D eigenvalue weighted by Gasteiger charge is 2.42. The van der Waals surface area contributed by atoms with Crippen LogP contribution in [0.1, 0.15) is 39.2 Å². The molecule has 1 aromatic rings. The lowest BCUT2D eigenvalue weighted by Gasteiger charge is -2.27. The SMILES string of the molecule is COC(=O)[C@@H]1C[C@H](OCCCOCc2ccccc2)CN1C(=O)OC(C)(C)C. The van der Waals surface area contributed by atoms with Crippen LogP contribution in [-0.2, 0) is 30.3 Å². The molecule has 2 atom stereocenters. The van der Waals surface area contributed by atoms with Crippen molar-refractivity contribution in [2.45, 2.75) is 58.0 Å². The van der Waals surface area contributed by atoms with Crippen molar-refractivity contribution in [1.29, 1.82) is 0 Å². The summed E-state index contributed by atoms with van der Waals surface area (Å²) in [5.74, 6) is -0.455. The molecule has 1 aromatic carbocycles. The summed E-state index contributed by atoms with van der Waals surface area (Å²) in [6, 6.07) is 9.30. The highest BCUT2D eigenvalue weighted by molar-refractivity contribution is 5.82. The molecule has 0 aliphatic carbocycles. The minimum absolute atomic E-state index is 0.231. The molecule has 0 spiro atoms. The first kappa shape index (κ1) is 22.2. The number of likely N-dealkylation sites (tertiary alicyclic amines) is 1. The van der Waals surface area contributed by atoms with Crippen molar-refractivity contribution >= 4 is 12.1 Å². The number of esters is 1. The van der Waals surface area contributed by atoms with E-state index in [1.807, 2.05) is 30.3 Å². The second kappa shape index (κ2) is 10.4. The molecule has 2 rings (SSSR count). The molecular formula is C21H31NO6. The minimum Gasteiger partial charge on any atom is -0.467 e. The van der Waals surface area contributed by atoms with Gasteiger partial charge in [-0.25, -0.2) is 9.59 Å². The van der Waals surface area contributed by atoms with E-state index in [1.54, 1.807) is 20.8 Å². The fraction of sp³-hybridized carbons (Fsp3) is 0.619. The summed E-state index contributed by atoms with van der Waals surface area (Å²) >= 11 is 0. The molecule has 156 valence electrons. The van der Waals surface area contributed by atoms with Crippen LogP contribution in [0.25, 0.3) is 0 Å². The van der Waals surface area contributed by atoms with Gasteiger partial charge in [0.15, 0.2) is 0 Å². The zero-order valence-electron chi connectivity index (χ0n) is 17.2. The van der Waals surface area contributed by atoms with E-state index in [4.69, 9.17) is 18.9 Å². The van der Waals surface area contributed by atoms with E-state index in [-0.39, 0.29) is 6.10 Å². The van der Waals surface area contributed by atoms with Crippen molar-refractivity contribution in [2.75, 3.05) is 26.9 Å². The molecule has 1 amide bonds. The molecule has 0 unspecified atom stereocenters. The Kier molecular flexibility index (Phi) is 8.26. The van der Waals surface area contributed by atoms with Crippen LogP contribution in [0, 0.1) is 0 Å². The third-order valence-electron chi connectivity index (χ3n) is 4.26. The summed E-state index contributed by atoms with van der Waals surface area (Å²) in [4.78, 5) is 25.8. The average molecular weight is 393 g/mol. The molecule has 1 heterocycles. The van der Waals surface area contributed by atoms with Gasteiger partial charge in [-0.15, -0.1) is 0 Å². The predicted octanol–water partition coefficient (Wildman–Crippen LogP) is 3.16. The molecule has 1 aliphatic heterocycles. The lowest BCUT2D eigenvalue weighted by atomic mass is 10.2. The standard InChI is InChI=1S/C21H31NO6/c1-21(2,3)28-20(24)22-14-17(13-18(22)19(23)25-4)27-12-8-11-26-15-16-9-6-5-7-10-16/h5-7,9-10,17-18H,8,11-15H2,1-4H3/t17-,18-/m0/s1. The molecule has 1 fully saturated rings. The van der Waals surface area contributed by atoms with Crippen LogP contribution in [0.3, 0.4) is 0 Å². The summed E-state index contributed by atoms with van der Waals surface area (Å²) < 4.78 is 21.7. The molecule has 1 saturated heterocycles. The second-order valence-corrected chi connectivity index (χ2v) is 7.79. The van der Waals surface area contributed by atoms with E-state index in [1.165, 1.54) is 12.0 Å². The van der Waals surface area contributed by atoms with E-state index >= 15 is 0 Å². The summed E-state index contributed by atoms with van der Waals surface area (Å²) in [5, 5.41) is 0. The van der Waals surface area contributed by atoms with E-state index in [0.29, 0.717) is 32.8 Å². The maximum Gasteiger partial charge on any atom is 0.411 e. The number of carbonyl (C=O) groups excluding carboxylic acids is 2. The predicted molar refractivity (Wildman–Crippen MR) is 104 cm³/mol. The summed E-state index contributed by atoms with van der Waals surface area (Å²) in [5.41, 5.74) is 0.500. The first-order valence-electron chi connectivity index (χ1n) is 9.61. The third-order valence-corrected chi connectivity index (χ3v) is 4.26. The topological polar surface area (TPSA) is 74.3 Å². The van der Waals surface area contributed by atoms with Gasteiger partial charge in [0, 0.05) is 19.6 Å². The molecule has 28 heavy (non-hydrogen) atoms. The van der Waals surface area contributed by atoms with Crippen molar-refractivity contribution < 1.29 is 28.5 Å². The highest BCUT2D eigenvalue weighted by Crippen LogP contribution is 2.24. The summed E-state index contributed by atoms with van der Waals surface area (Å²) in [7, 11) is 1.31. The van der Waals surface area contributed by atoms with E-state index in [2.05, 4.69) is 0 Å². The highest BCUT2D eigenvalue weighted by atomic mass is 16.6. The Morgan fingerprint density at radius 3 is 2.50 bits per heavy atom. The normalized spacial score (nSPS) is 19.5. The van der Waals surface area contributed by atoms with Crippen LogP contribution in [0.4, 0.5) is 4.79 Å². The van der Waals surface area contributed by atoms with Gasteiger partial charge >= 0.3 is 12.1 Å². The monoisotopic (exact) mass is 393 g/mol. The fourth-order valence-corrected chi connectivity index (χ4v) is 2.98. The van der Waals surface area contributed by atoms with Gasteiger partial charge in [0.05, 0.1) is 26.4 Å². The van der Waals surface area contributed by atoms with Gasteiger partial charge in [-0.2, -0.15) is 0 Å². The van der Waals surface area contributed by atoms with Gasteiger partial charge in [0.2, 0.25) is 0 Å². The lowest BCUT2D eigenvalue weighted by Crippen LogP contribution is -2.44.